The van der Waals surface area contributed by atoms with Gasteiger partial charge in [0.1, 0.15) is 5.75 Å². The zero-order valence-corrected chi connectivity index (χ0v) is 9.42. The molecule has 0 fully saturated rings. The molecule has 0 aromatic heterocycles. The van der Waals surface area contributed by atoms with Crippen molar-refractivity contribution >= 4 is 0 Å². The van der Waals surface area contributed by atoms with Crippen molar-refractivity contribution in [3.63, 3.8) is 0 Å². The number of hydrogen-bond acceptors (Lipinski definition) is 3. The minimum Gasteiger partial charge on any atom is -0.504 e. The molecule has 0 atom stereocenters. The second-order valence-corrected chi connectivity index (χ2v) is 2.45. The van der Waals surface area contributed by atoms with Crippen LogP contribution in [-0.4, -0.2) is 19.3 Å². The zero-order valence-electron chi connectivity index (χ0n) is 9.42. The summed E-state index contributed by atoms with van der Waals surface area (Å²) in [5, 5.41) is 9.33. The Morgan fingerprint density at radius 1 is 1.07 bits per heavy atom. The van der Waals surface area contributed by atoms with Gasteiger partial charge in [0.25, 0.3) is 0 Å². The van der Waals surface area contributed by atoms with Crippen LogP contribution < -0.4 is 9.47 Å². The van der Waals surface area contributed by atoms with E-state index in [0.717, 1.165) is 5.56 Å². The summed E-state index contributed by atoms with van der Waals surface area (Å²) in [5.41, 5.74) is 0.806. The predicted octanol–water partition coefficient (Wildman–Crippen LogP) is 2.74. The quantitative estimate of drug-likeness (QED) is 0.794. The zero-order chi connectivity index (χ0) is 11.1. The SMILES string of the molecule is CC.COc1ccc(O)c(OC)c1C. The Morgan fingerprint density at radius 3 is 2.07 bits per heavy atom. The second-order valence-electron chi connectivity index (χ2n) is 2.45. The molecule has 0 saturated heterocycles. The van der Waals surface area contributed by atoms with Gasteiger partial charge < -0.3 is 14.6 Å². The van der Waals surface area contributed by atoms with Gasteiger partial charge in [-0.05, 0) is 19.1 Å². The molecule has 3 nitrogen and oxygen atoms in total. The first-order valence-corrected chi connectivity index (χ1v) is 4.61. The molecule has 0 aliphatic heterocycles. The molecule has 0 aliphatic carbocycles. The lowest BCUT2D eigenvalue weighted by Gasteiger charge is -2.10. The van der Waals surface area contributed by atoms with E-state index in [1.54, 1.807) is 19.2 Å². The first-order chi connectivity index (χ1) is 6.70. The summed E-state index contributed by atoms with van der Waals surface area (Å²) >= 11 is 0. The van der Waals surface area contributed by atoms with Crippen molar-refractivity contribution in [2.24, 2.45) is 0 Å². The molecule has 0 heterocycles. The van der Waals surface area contributed by atoms with Gasteiger partial charge in [0.15, 0.2) is 11.5 Å². The van der Waals surface area contributed by atoms with E-state index in [1.165, 1.54) is 7.11 Å². The van der Waals surface area contributed by atoms with E-state index < -0.39 is 0 Å². The van der Waals surface area contributed by atoms with Crippen molar-refractivity contribution in [2.45, 2.75) is 20.8 Å². The number of aromatic hydroxyl groups is 1. The second kappa shape index (κ2) is 6.13. The summed E-state index contributed by atoms with van der Waals surface area (Å²) in [6.45, 7) is 5.83. The monoisotopic (exact) mass is 198 g/mol. The van der Waals surface area contributed by atoms with Crippen LogP contribution >= 0.6 is 0 Å². The molecule has 0 bridgehead atoms. The average Bonchev–Trinajstić information content (AvgIpc) is 2.22. The van der Waals surface area contributed by atoms with Crippen molar-refractivity contribution in [1.29, 1.82) is 0 Å². The predicted molar refractivity (Wildman–Crippen MR) is 57.3 cm³/mol. The molecule has 0 saturated carbocycles. The van der Waals surface area contributed by atoms with Crippen LogP contribution in [0.5, 0.6) is 17.2 Å². The number of benzene rings is 1. The molecular weight excluding hydrogens is 180 g/mol. The van der Waals surface area contributed by atoms with Gasteiger partial charge in [0.2, 0.25) is 0 Å². The number of methoxy groups -OCH3 is 2. The van der Waals surface area contributed by atoms with E-state index in [9.17, 15) is 5.11 Å². The van der Waals surface area contributed by atoms with E-state index in [0.29, 0.717) is 11.5 Å². The Labute approximate surface area is 85.3 Å². The number of rotatable bonds is 2. The topological polar surface area (TPSA) is 38.7 Å². The molecule has 0 unspecified atom stereocenters. The maximum atomic E-state index is 9.33. The largest absolute Gasteiger partial charge is 0.504 e. The van der Waals surface area contributed by atoms with Crippen LogP contribution in [0, 0.1) is 6.92 Å². The Balaban J connectivity index is 0.000000791. The third-order valence-corrected chi connectivity index (χ3v) is 1.76. The minimum absolute atomic E-state index is 0.135. The van der Waals surface area contributed by atoms with Crippen molar-refractivity contribution in [3.05, 3.63) is 17.7 Å². The maximum Gasteiger partial charge on any atom is 0.167 e. The van der Waals surface area contributed by atoms with Crippen LogP contribution in [0.25, 0.3) is 0 Å². The summed E-state index contributed by atoms with van der Waals surface area (Å²) in [5.74, 6) is 1.31. The van der Waals surface area contributed by atoms with Crippen LogP contribution in [0.1, 0.15) is 19.4 Å². The Hall–Kier alpha value is -1.38. The molecule has 3 heteroatoms. The van der Waals surface area contributed by atoms with Gasteiger partial charge in [-0.1, -0.05) is 13.8 Å². The summed E-state index contributed by atoms with van der Waals surface area (Å²) in [6.07, 6.45) is 0. The lowest BCUT2D eigenvalue weighted by molar-refractivity contribution is 0.360. The van der Waals surface area contributed by atoms with Crippen LogP contribution in [-0.2, 0) is 0 Å². The Kier molecular flexibility index (Phi) is 5.53. The summed E-state index contributed by atoms with van der Waals surface area (Å²) in [4.78, 5) is 0. The molecule has 1 N–H and O–H groups in total. The van der Waals surface area contributed by atoms with Crippen LogP contribution in [0.4, 0.5) is 0 Å². The number of hydrogen-bond donors (Lipinski definition) is 1. The summed E-state index contributed by atoms with van der Waals surface area (Å²) < 4.78 is 10.0. The molecule has 0 spiro atoms. The number of ether oxygens (including phenoxy) is 2. The number of phenols is 1. The molecule has 1 aromatic carbocycles. The van der Waals surface area contributed by atoms with E-state index in [-0.39, 0.29) is 5.75 Å². The molecular formula is C11H18O3. The number of phenolic OH excluding ortho intramolecular Hbond substituents is 1. The molecule has 80 valence electrons. The first kappa shape index (κ1) is 12.6. The van der Waals surface area contributed by atoms with Crippen molar-refractivity contribution in [3.8, 4) is 17.2 Å². The van der Waals surface area contributed by atoms with Gasteiger partial charge >= 0.3 is 0 Å². The third kappa shape index (κ3) is 2.55. The standard InChI is InChI=1S/C9H12O3.C2H6/c1-6-8(11-2)5-4-7(10)9(6)12-3;1-2/h4-5,10H,1-3H3;1-2H3. The van der Waals surface area contributed by atoms with Crippen molar-refractivity contribution < 1.29 is 14.6 Å². The van der Waals surface area contributed by atoms with Crippen molar-refractivity contribution in [1.82, 2.24) is 0 Å². The first-order valence-electron chi connectivity index (χ1n) is 4.61. The Bertz CT molecular complexity index is 282. The van der Waals surface area contributed by atoms with Gasteiger partial charge in [-0.3, -0.25) is 0 Å². The highest BCUT2D eigenvalue weighted by Crippen LogP contribution is 2.35. The summed E-state index contributed by atoms with van der Waals surface area (Å²) in [7, 11) is 3.10. The fourth-order valence-corrected chi connectivity index (χ4v) is 1.14. The summed E-state index contributed by atoms with van der Waals surface area (Å²) in [6, 6.07) is 3.25. The third-order valence-electron chi connectivity index (χ3n) is 1.76. The highest BCUT2D eigenvalue weighted by atomic mass is 16.5. The van der Waals surface area contributed by atoms with Crippen LogP contribution in [0.15, 0.2) is 12.1 Å². The lowest BCUT2D eigenvalue weighted by atomic mass is 10.2. The minimum atomic E-state index is 0.135. The fourth-order valence-electron chi connectivity index (χ4n) is 1.14. The highest BCUT2D eigenvalue weighted by molar-refractivity contribution is 5.52. The van der Waals surface area contributed by atoms with Gasteiger partial charge in [0.05, 0.1) is 14.2 Å². The Morgan fingerprint density at radius 2 is 1.64 bits per heavy atom. The van der Waals surface area contributed by atoms with E-state index >= 15 is 0 Å². The molecule has 0 aliphatic rings. The molecule has 0 radical (unpaired) electrons. The molecule has 0 amide bonds. The van der Waals surface area contributed by atoms with Gasteiger partial charge in [-0.15, -0.1) is 0 Å². The normalized spacial score (nSPS) is 8.64. The molecule has 1 aromatic rings. The maximum absolute atomic E-state index is 9.33. The smallest absolute Gasteiger partial charge is 0.167 e. The van der Waals surface area contributed by atoms with Crippen LogP contribution in [0.2, 0.25) is 0 Å². The van der Waals surface area contributed by atoms with Gasteiger partial charge in [-0.2, -0.15) is 0 Å². The lowest BCUT2D eigenvalue weighted by Crippen LogP contribution is -1.92. The van der Waals surface area contributed by atoms with E-state index in [1.807, 2.05) is 20.8 Å². The van der Waals surface area contributed by atoms with Gasteiger partial charge in [-0.25, -0.2) is 0 Å². The highest BCUT2D eigenvalue weighted by Gasteiger charge is 2.09. The molecule has 1 rings (SSSR count). The van der Waals surface area contributed by atoms with Gasteiger partial charge in [0, 0.05) is 5.56 Å². The molecule has 14 heavy (non-hydrogen) atoms. The van der Waals surface area contributed by atoms with Crippen LogP contribution in [0.3, 0.4) is 0 Å². The average molecular weight is 198 g/mol. The van der Waals surface area contributed by atoms with Crippen molar-refractivity contribution in [2.75, 3.05) is 14.2 Å². The fraction of sp³-hybridized carbons (Fsp3) is 0.455. The van der Waals surface area contributed by atoms with E-state index in [2.05, 4.69) is 0 Å². The van der Waals surface area contributed by atoms with E-state index in [4.69, 9.17) is 9.47 Å².